The normalized spacial score (nSPS) is 9.81. The van der Waals surface area contributed by atoms with Crippen LogP contribution in [0.1, 0.15) is 5.56 Å². The van der Waals surface area contributed by atoms with Crippen molar-refractivity contribution in [3.63, 3.8) is 0 Å². The molecule has 0 spiro atoms. The van der Waals surface area contributed by atoms with Crippen LogP contribution in [0.25, 0.3) is 0 Å². The van der Waals surface area contributed by atoms with Crippen molar-refractivity contribution in [3.05, 3.63) is 48.6 Å². The Bertz CT molecular complexity index is 436. The van der Waals surface area contributed by atoms with Gasteiger partial charge in [-0.15, -0.1) is 0 Å². The fraction of sp³-hybridized carbons (Fsp3) is 0.100. The molecule has 1 rings (SSSR count). The van der Waals surface area contributed by atoms with Gasteiger partial charge >= 0.3 is 5.97 Å². The molecule has 0 amide bonds. The van der Waals surface area contributed by atoms with Crippen LogP contribution in [0.15, 0.2) is 43.0 Å². The Morgan fingerprint density at radius 1 is 1.31 bits per heavy atom. The predicted octanol–water partition coefficient (Wildman–Crippen LogP) is 1.33. The molecule has 1 aromatic rings. The Kier molecular flexibility index (Phi) is 6.06. The Labute approximate surface area is 93.8 Å². The number of carbonyl (C=O) groups is 1. The summed E-state index contributed by atoms with van der Waals surface area (Å²) in [6.45, 7) is 2.96. The van der Waals surface area contributed by atoms with E-state index in [1.54, 1.807) is 30.3 Å². The smallest absolute Gasteiger partial charge is 0.327 e. The van der Waals surface area contributed by atoms with E-state index in [-0.39, 0.29) is 5.75 Å². The lowest BCUT2D eigenvalue weighted by Gasteiger charge is -1.95. The van der Waals surface area contributed by atoms with E-state index in [2.05, 4.69) is 6.58 Å². The molecule has 0 aliphatic rings. The van der Waals surface area contributed by atoms with Crippen molar-refractivity contribution >= 4 is 16.1 Å². The molecule has 0 fully saturated rings. The second kappa shape index (κ2) is 6.76. The average molecular weight is 244 g/mol. The summed E-state index contributed by atoms with van der Waals surface area (Å²) in [6, 6.07) is 8.52. The van der Waals surface area contributed by atoms with Gasteiger partial charge in [0.2, 0.25) is 0 Å². The standard InChI is InChI=1S/C7H8O3S.C3H4O2/c8-11(9,10)6-7-4-2-1-3-5-7;1-2-3(4)5/h1-5H,6H2,(H,8,9,10);2H,1H2,(H,4,5). The number of rotatable bonds is 3. The van der Waals surface area contributed by atoms with Crippen LogP contribution in [-0.2, 0) is 20.7 Å². The maximum absolute atomic E-state index is 10.4. The Balaban J connectivity index is 0.000000385. The SMILES string of the molecule is C=CC(=O)O.O=S(=O)(O)Cc1ccccc1. The van der Waals surface area contributed by atoms with Crippen LogP contribution >= 0.6 is 0 Å². The molecule has 0 aliphatic carbocycles. The van der Waals surface area contributed by atoms with E-state index in [0.29, 0.717) is 5.56 Å². The fourth-order valence-corrected chi connectivity index (χ4v) is 1.40. The molecule has 88 valence electrons. The van der Waals surface area contributed by atoms with Gasteiger partial charge in [0.15, 0.2) is 0 Å². The topological polar surface area (TPSA) is 91.7 Å². The fourth-order valence-electron chi connectivity index (χ4n) is 0.785. The van der Waals surface area contributed by atoms with Gasteiger partial charge < -0.3 is 5.11 Å². The first-order chi connectivity index (χ1) is 7.35. The number of hydrogen-bond donors (Lipinski definition) is 2. The zero-order valence-electron chi connectivity index (χ0n) is 8.41. The molecule has 0 saturated carbocycles. The molecule has 0 heterocycles. The average Bonchev–Trinajstić information content (AvgIpc) is 2.17. The van der Waals surface area contributed by atoms with Gasteiger partial charge in [0, 0.05) is 6.08 Å². The van der Waals surface area contributed by atoms with Crippen LogP contribution in [0.2, 0.25) is 0 Å². The van der Waals surface area contributed by atoms with E-state index >= 15 is 0 Å². The van der Waals surface area contributed by atoms with E-state index in [4.69, 9.17) is 9.66 Å². The molecule has 1 aromatic carbocycles. The first-order valence-corrected chi connectivity index (χ1v) is 5.80. The summed E-state index contributed by atoms with van der Waals surface area (Å²) in [5.74, 6) is -1.29. The molecule has 0 radical (unpaired) electrons. The minimum absolute atomic E-state index is 0.312. The largest absolute Gasteiger partial charge is 0.478 e. The Morgan fingerprint density at radius 2 is 1.75 bits per heavy atom. The summed E-state index contributed by atoms with van der Waals surface area (Å²) >= 11 is 0. The highest BCUT2D eigenvalue weighted by molar-refractivity contribution is 7.85. The molecule has 5 nitrogen and oxygen atoms in total. The minimum Gasteiger partial charge on any atom is -0.478 e. The van der Waals surface area contributed by atoms with Crippen molar-refractivity contribution in [2.24, 2.45) is 0 Å². The highest BCUT2D eigenvalue weighted by Gasteiger charge is 2.04. The van der Waals surface area contributed by atoms with Gasteiger partial charge in [0.1, 0.15) is 5.75 Å². The lowest BCUT2D eigenvalue weighted by atomic mass is 10.2. The number of aliphatic carboxylic acids is 1. The van der Waals surface area contributed by atoms with Gasteiger partial charge in [-0.3, -0.25) is 4.55 Å². The van der Waals surface area contributed by atoms with E-state index in [0.717, 1.165) is 6.08 Å². The van der Waals surface area contributed by atoms with Crippen molar-refractivity contribution in [3.8, 4) is 0 Å². The Hall–Kier alpha value is -1.66. The molecule has 0 unspecified atom stereocenters. The number of carboxylic acids is 1. The van der Waals surface area contributed by atoms with Crippen molar-refractivity contribution in [2.75, 3.05) is 0 Å². The first-order valence-electron chi connectivity index (χ1n) is 4.19. The summed E-state index contributed by atoms with van der Waals surface area (Å²) in [4.78, 5) is 9.25. The summed E-state index contributed by atoms with van der Waals surface area (Å²) in [5, 5.41) is 7.60. The molecule has 0 atom stereocenters. The number of benzene rings is 1. The van der Waals surface area contributed by atoms with Gasteiger partial charge in [0.25, 0.3) is 10.1 Å². The molecule has 16 heavy (non-hydrogen) atoms. The molecule has 0 aromatic heterocycles. The molecule has 2 N–H and O–H groups in total. The second-order valence-corrected chi connectivity index (χ2v) is 4.21. The van der Waals surface area contributed by atoms with Crippen LogP contribution in [0.3, 0.4) is 0 Å². The van der Waals surface area contributed by atoms with Crippen LogP contribution < -0.4 is 0 Å². The quantitative estimate of drug-likeness (QED) is 0.618. The number of hydrogen-bond acceptors (Lipinski definition) is 3. The third-order valence-electron chi connectivity index (χ3n) is 1.37. The van der Waals surface area contributed by atoms with Gasteiger partial charge in [-0.25, -0.2) is 4.79 Å². The third kappa shape index (κ3) is 8.92. The van der Waals surface area contributed by atoms with Gasteiger partial charge in [-0.05, 0) is 5.56 Å². The van der Waals surface area contributed by atoms with Gasteiger partial charge in [-0.2, -0.15) is 8.42 Å². The van der Waals surface area contributed by atoms with E-state index < -0.39 is 16.1 Å². The maximum Gasteiger partial charge on any atom is 0.327 e. The van der Waals surface area contributed by atoms with Crippen LogP contribution in [0, 0.1) is 0 Å². The summed E-state index contributed by atoms with van der Waals surface area (Å²) in [5.41, 5.74) is 0.593. The highest BCUT2D eigenvalue weighted by Crippen LogP contribution is 2.02. The monoisotopic (exact) mass is 244 g/mol. The molecule has 6 heteroatoms. The number of carboxylic acid groups (broad SMARTS) is 1. The highest BCUT2D eigenvalue weighted by atomic mass is 32.2. The van der Waals surface area contributed by atoms with Gasteiger partial charge in [0.05, 0.1) is 0 Å². The van der Waals surface area contributed by atoms with Crippen LogP contribution in [0.5, 0.6) is 0 Å². The Morgan fingerprint density at radius 3 is 2.06 bits per heavy atom. The third-order valence-corrected chi connectivity index (χ3v) is 2.06. The molecular weight excluding hydrogens is 232 g/mol. The van der Waals surface area contributed by atoms with Crippen molar-refractivity contribution in [2.45, 2.75) is 5.75 Å². The van der Waals surface area contributed by atoms with E-state index in [1.807, 2.05) is 0 Å². The van der Waals surface area contributed by atoms with E-state index in [1.165, 1.54) is 0 Å². The van der Waals surface area contributed by atoms with Crippen molar-refractivity contribution in [1.82, 2.24) is 0 Å². The van der Waals surface area contributed by atoms with E-state index in [9.17, 15) is 13.2 Å². The zero-order chi connectivity index (χ0) is 12.6. The summed E-state index contributed by atoms with van der Waals surface area (Å²) in [6.07, 6.45) is 0.833. The second-order valence-electron chi connectivity index (χ2n) is 2.75. The first kappa shape index (κ1) is 14.3. The molecule has 0 aliphatic heterocycles. The molecule has 0 saturated heterocycles. The summed E-state index contributed by atoms with van der Waals surface area (Å²) < 4.78 is 29.2. The van der Waals surface area contributed by atoms with Crippen LogP contribution in [0.4, 0.5) is 0 Å². The maximum atomic E-state index is 10.4. The predicted molar refractivity (Wildman–Crippen MR) is 59.5 cm³/mol. The van der Waals surface area contributed by atoms with Gasteiger partial charge in [-0.1, -0.05) is 36.9 Å². The summed E-state index contributed by atoms with van der Waals surface area (Å²) in [7, 11) is -3.88. The lowest BCUT2D eigenvalue weighted by molar-refractivity contribution is -0.131. The lowest BCUT2D eigenvalue weighted by Crippen LogP contribution is -2.00. The zero-order valence-corrected chi connectivity index (χ0v) is 9.22. The van der Waals surface area contributed by atoms with Crippen molar-refractivity contribution in [1.29, 1.82) is 0 Å². The van der Waals surface area contributed by atoms with Crippen LogP contribution in [-0.4, -0.2) is 24.0 Å². The minimum atomic E-state index is -3.88. The molecule has 0 bridgehead atoms. The van der Waals surface area contributed by atoms with Crippen molar-refractivity contribution < 1.29 is 22.9 Å². The molecular formula is C10H12O5S.